The highest BCUT2D eigenvalue weighted by Crippen LogP contribution is 2.37. The van der Waals surface area contributed by atoms with E-state index in [1.807, 2.05) is 78.9 Å². The number of unbranched alkanes of at least 4 members (excludes halogenated alkanes) is 6. The number of fused-ring (bicyclic) bond motifs is 4. The number of quaternary nitrogens is 1. The third-order valence-electron chi connectivity index (χ3n) is 12.4. The number of alkyl carbamates (subject to hydrolysis) is 1. The molecule has 12 heteroatoms. The number of halogens is 1. The standard InChI is InChI=1S/C49H57BrN4O7/c50-41-21-18-37(60-29-13-5-3-1-2-4-12-26-51-31-43(56)38-19-22-42(55)48-39(38)20-23-46(58)52-48)30-40(41)47(36-16-10-7-11-17-36)53-49(59)61-45-33-54(27-24-35(45)25-28-54)32-44(57)34-14-8-6-9-15-34/h6-11,14-23,30,35,43,45,47,51,56H,1-5,12-13,24-29,31-33H2,(H2-,52,53,55,58,59)/p+1/t35?,43-,45-,47?,54?/m0/s1. The van der Waals surface area contributed by atoms with Crippen LogP contribution in [0.3, 0.4) is 0 Å². The topological polar surface area (TPSA) is 150 Å². The summed E-state index contributed by atoms with van der Waals surface area (Å²) in [5.41, 5.74) is 3.24. The number of nitrogens with one attached hydrogen (secondary N) is 3. The summed E-state index contributed by atoms with van der Waals surface area (Å²) < 4.78 is 14.0. The van der Waals surface area contributed by atoms with E-state index in [1.165, 1.54) is 12.1 Å². The van der Waals surface area contributed by atoms with Gasteiger partial charge in [-0.15, -0.1) is 0 Å². The van der Waals surface area contributed by atoms with Gasteiger partial charge in [-0.1, -0.05) is 115 Å². The van der Waals surface area contributed by atoms with Gasteiger partial charge in [0.25, 0.3) is 0 Å². The summed E-state index contributed by atoms with van der Waals surface area (Å²) in [7, 11) is 0. The number of aromatic nitrogens is 1. The van der Waals surface area contributed by atoms with E-state index in [0.717, 1.165) is 104 Å². The van der Waals surface area contributed by atoms with Crippen molar-refractivity contribution in [1.82, 2.24) is 15.6 Å². The Labute approximate surface area is 366 Å². The molecule has 4 aromatic carbocycles. The number of amides is 1. The third kappa shape index (κ3) is 11.7. The Kier molecular flexibility index (Phi) is 15.3. The average molecular weight is 895 g/mol. The number of pyridine rings is 1. The molecule has 3 aliphatic rings. The zero-order valence-corrected chi connectivity index (χ0v) is 36.3. The van der Waals surface area contributed by atoms with Crippen molar-refractivity contribution in [2.45, 2.75) is 76.0 Å². The van der Waals surface area contributed by atoms with Crippen LogP contribution in [0.1, 0.15) is 97.0 Å². The van der Waals surface area contributed by atoms with Crippen molar-refractivity contribution in [3.05, 3.63) is 140 Å². The van der Waals surface area contributed by atoms with E-state index in [9.17, 15) is 24.6 Å². The fourth-order valence-corrected chi connectivity index (χ4v) is 9.50. The van der Waals surface area contributed by atoms with Gasteiger partial charge in [0, 0.05) is 46.8 Å². The highest BCUT2D eigenvalue weighted by atomic mass is 79.9. The van der Waals surface area contributed by atoms with E-state index in [0.29, 0.717) is 53.1 Å². The van der Waals surface area contributed by atoms with Gasteiger partial charge in [0.05, 0.1) is 37.4 Å². The van der Waals surface area contributed by atoms with Crippen LogP contribution >= 0.6 is 15.9 Å². The molecule has 3 aliphatic heterocycles. The monoisotopic (exact) mass is 893 g/mol. The minimum absolute atomic E-state index is 0.0171. The van der Waals surface area contributed by atoms with E-state index in [1.54, 1.807) is 12.1 Å². The van der Waals surface area contributed by atoms with Gasteiger partial charge >= 0.3 is 6.09 Å². The number of ether oxygens (including phenoxy) is 2. The van der Waals surface area contributed by atoms with Crippen molar-refractivity contribution in [2.24, 2.45) is 5.92 Å². The Balaban J connectivity index is 0.827. The molecule has 5 aromatic rings. The predicted molar refractivity (Wildman–Crippen MR) is 241 cm³/mol. The number of rotatable bonds is 21. The van der Waals surface area contributed by atoms with Gasteiger partial charge in [-0.2, -0.15) is 0 Å². The van der Waals surface area contributed by atoms with E-state index in [2.05, 4.69) is 31.5 Å². The van der Waals surface area contributed by atoms with Crippen LogP contribution in [0.25, 0.3) is 10.9 Å². The zero-order valence-electron chi connectivity index (χ0n) is 34.7. The molecule has 4 heterocycles. The smallest absolute Gasteiger partial charge is 0.408 e. The molecule has 8 rings (SSSR count). The summed E-state index contributed by atoms with van der Waals surface area (Å²) in [4.78, 5) is 41.3. The number of H-pyrrole nitrogens is 1. The molecule has 2 bridgehead atoms. The van der Waals surface area contributed by atoms with Crippen LogP contribution in [0, 0.1) is 5.92 Å². The minimum atomic E-state index is -0.758. The van der Waals surface area contributed by atoms with Crippen LogP contribution < -0.4 is 20.9 Å². The van der Waals surface area contributed by atoms with Crippen molar-refractivity contribution in [2.75, 3.05) is 45.9 Å². The number of hydrogen-bond acceptors (Lipinski definition) is 8. The molecule has 322 valence electrons. The molecule has 61 heavy (non-hydrogen) atoms. The molecule has 11 nitrogen and oxygen atoms in total. The van der Waals surface area contributed by atoms with Crippen LogP contribution in [0.15, 0.2) is 112 Å². The number of carbonyl (C=O) groups is 2. The summed E-state index contributed by atoms with van der Waals surface area (Å²) >= 11 is 3.74. The molecule has 1 aromatic heterocycles. The molecule has 0 spiro atoms. The third-order valence-corrected chi connectivity index (χ3v) is 13.1. The number of ketones is 1. The first-order chi connectivity index (χ1) is 29.7. The first-order valence-corrected chi connectivity index (χ1v) is 22.6. The second-order valence-electron chi connectivity index (χ2n) is 16.7. The lowest BCUT2D eigenvalue weighted by molar-refractivity contribution is -0.938. The van der Waals surface area contributed by atoms with Crippen LogP contribution in [0.4, 0.5) is 4.79 Å². The number of aromatic hydroxyl groups is 1. The van der Waals surface area contributed by atoms with Crippen molar-refractivity contribution < 1.29 is 33.8 Å². The molecule has 0 saturated carbocycles. The molecule has 3 atom stereocenters. The van der Waals surface area contributed by atoms with Gasteiger partial charge in [-0.25, -0.2) is 4.79 Å². The average Bonchev–Trinajstić information content (AvgIpc) is 3.27. The van der Waals surface area contributed by atoms with Crippen LogP contribution in [-0.2, 0) is 4.74 Å². The Morgan fingerprint density at radius 2 is 1.54 bits per heavy atom. The van der Waals surface area contributed by atoms with Crippen LogP contribution in [-0.4, -0.2) is 83.5 Å². The number of Topliss-reactive ketones (excluding diaryl/α,β-unsaturated/α-hetero) is 1. The molecular weight excluding hydrogens is 836 g/mol. The maximum absolute atomic E-state index is 13.7. The lowest BCUT2D eigenvalue weighted by atomic mass is 9.83. The molecule has 5 N–H and O–H groups in total. The number of benzene rings is 4. The van der Waals surface area contributed by atoms with Gasteiger partial charge in [0.2, 0.25) is 11.3 Å². The summed E-state index contributed by atoms with van der Waals surface area (Å²) in [6.07, 6.45) is 7.95. The lowest BCUT2D eigenvalue weighted by Crippen LogP contribution is -2.66. The molecule has 3 fully saturated rings. The Morgan fingerprint density at radius 1 is 0.836 bits per heavy atom. The highest BCUT2D eigenvalue weighted by molar-refractivity contribution is 9.10. The molecule has 0 aliphatic carbocycles. The number of hydrogen-bond donors (Lipinski definition) is 5. The van der Waals surface area contributed by atoms with Gasteiger partial charge in [0.1, 0.15) is 24.6 Å². The molecule has 0 radical (unpaired) electrons. The summed E-state index contributed by atoms with van der Waals surface area (Å²) in [6, 6.07) is 31.0. The molecular formula is C49H58BrN4O7+. The van der Waals surface area contributed by atoms with Gasteiger partial charge in [-0.05, 0) is 66.4 Å². The van der Waals surface area contributed by atoms with Crippen LogP contribution in [0.5, 0.6) is 11.5 Å². The molecule has 1 unspecified atom stereocenters. The number of carbonyl (C=O) groups excluding carboxylic acids is 2. The van der Waals surface area contributed by atoms with Gasteiger partial charge in [-0.3, -0.25) is 9.59 Å². The molecule has 1 amide bonds. The number of aliphatic hydroxyl groups is 1. The second-order valence-corrected chi connectivity index (χ2v) is 17.6. The second kappa shape index (κ2) is 21.2. The van der Waals surface area contributed by atoms with E-state index >= 15 is 0 Å². The first-order valence-electron chi connectivity index (χ1n) is 21.8. The maximum atomic E-state index is 13.7. The van der Waals surface area contributed by atoms with Gasteiger partial charge in [0.15, 0.2) is 6.10 Å². The van der Waals surface area contributed by atoms with Crippen LogP contribution in [0.2, 0.25) is 0 Å². The number of aliphatic hydroxyl groups excluding tert-OH is 1. The zero-order chi connectivity index (χ0) is 42.6. The van der Waals surface area contributed by atoms with E-state index in [4.69, 9.17) is 9.47 Å². The highest BCUT2D eigenvalue weighted by Gasteiger charge is 2.48. The molecule has 3 saturated heterocycles. The number of piperidine rings is 3. The van der Waals surface area contributed by atoms with Gasteiger partial charge < -0.3 is 39.8 Å². The van der Waals surface area contributed by atoms with E-state index in [-0.39, 0.29) is 23.2 Å². The number of nitrogens with zero attached hydrogens (tertiary/aromatic N) is 1. The normalized spacial score (nSPS) is 19.3. The van der Waals surface area contributed by atoms with Crippen molar-refractivity contribution in [1.29, 1.82) is 0 Å². The SMILES string of the molecule is O=C(NC(c1ccccc1)c1cc(OCCCCCCCCCNC[C@H](O)c2ccc(O)c3[nH]c(=O)ccc23)ccc1Br)O[C@H]1C[N+]2(CC(=O)c3ccccc3)CCC1CC2. The lowest BCUT2D eigenvalue weighted by Gasteiger charge is -2.51. The summed E-state index contributed by atoms with van der Waals surface area (Å²) in [5.74, 6) is 1.16. The maximum Gasteiger partial charge on any atom is 0.408 e. The minimum Gasteiger partial charge on any atom is -0.506 e. The summed E-state index contributed by atoms with van der Waals surface area (Å²) in [6.45, 7) is 4.72. The first kappa shape index (κ1) is 44.1. The Bertz CT molecular complexity index is 2280. The van der Waals surface area contributed by atoms with Crippen molar-refractivity contribution >= 4 is 38.7 Å². The predicted octanol–water partition coefficient (Wildman–Crippen LogP) is 8.74. The fourth-order valence-electron chi connectivity index (χ4n) is 9.03. The Morgan fingerprint density at radius 3 is 2.30 bits per heavy atom. The largest absolute Gasteiger partial charge is 0.506 e. The van der Waals surface area contributed by atoms with E-state index < -0.39 is 18.2 Å². The van der Waals surface area contributed by atoms with Crippen molar-refractivity contribution in [3.8, 4) is 11.5 Å². The number of aromatic amines is 1. The summed E-state index contributed by atoms with van der Waals surface area (Å²) in [5, 5.41) is 28.0. The number of phenolic OH excluding ortho intramolecular Hbond substituents is 1. The Hall–Kier alpha value is -5.01. The fraction of sp³-hybridized carbons (Fsp3) is 0.408. The number of phenols is 1. The quantitative estimate of drug-likeness (QED) is 0.0279. The van der Waals surface area contributed by atoms with Crippen molar-refractivity contribution in [3.63, 3.8) is 0 Å².